The lowest BCUT2D eigenvalue weighted by molar-refractivity contribution is -0.147. The second kappa shape index (κ2) is 9.06. The van der Waals surface area contributed by atoms with Crippen molar-refractivity contribution in [2.45, 2.75) is 18.4 Å². The maximum absolute atomic E-state index is 12.2. The largest absolute Gasteiger partial charge is 0.456 e. The molecule has 158 valence electrons. The van der Waals surface area contributed by atoms with E-state index >= 15 is 0 Å². The van der Waals surface area contributed by atoms with Crippen molar-refractivity contribution < 1.29 is 22.7 Å². The molecule has 9 nitrogen and oxygen atoms in total. The molecule has 1 heterocycles. The van der Waals surface area contributed by atoms with Gasteiger partial charge in [-0.25, -0.2) is 18.1 Å². The molecule has 0 radical (unpaired) electrons. The molecule has 2 N–H and O–H groups in total. The summed E-state index contributed by atoms with van der Waals surface area (Å²) in [4.78, 5) is 27.9. The Morgan fingerprint density at radius 2 is 1.87 bits per heavy atom. The van der Waals surface area contributed by atoms with Crippen LogP contribution in [0.5, 0.6) is 0 Å². The number of imidazole rings is 1. The predicted octanol–water partition coefficient (Wildman–Crippen LogP) is 1.73. The third-order valence-electron chi connectivity index (χ3n) is 4.41. The average Bonchev–Trinajstić information content (AvgIpc) is 3.06. The van der Waals surface area contributed by atoms with Crippen LogP contribution in [0, 0.1) is 6.92 Å². The average molecular weight is 430 g/mol. The van der Waals surface area contributed by atoms with Crippen LogP contribution in [0.1, 0.15) is 12.2 Å². The first-order chi connectivity index (χ1) is 14.3. The molecule has 0 unspecified atom stereocenters. The standard InChI is InChI=1S/C20H22N4O5S/c1-14-22-19(12-24(14)2)30(27,28)21-11-10-20(26)29-13-18(25)23-17-9-5-7-15-6-3-4-8-16(15)17/h3-9,12,21H,10-11,13H2,1-2H3,(H,23,25). The summed E-state index contributed by atoms with van der Waals surface area (Å²) in [7, 11) is -2.14. The number of nitrogens with zero attached hydrogens (tertiary/aromatic N) is 2. The number of benzene rings is 2. The van der Waals surface area contributed by atoms with E-state index in [1.165, 1.54) is 6.20 Å². The normalized spacial score (nSPS) is 11.4. The monoisotopic (exact) mass is 430 g/mol. The highest BCUT2D eigenvalue weighted by molar-refractivity contribution is 7.89. The quantitative estimate of drug-likeness (QED) is 0.525. The minimum absolute atomic E-state index is 0.120. The number of hydrogen-bond donors (Lipinski definition) is 2. The number of ether oxygens (including phenoxy) is 1. The molecule has 0 saturated carbocycles. The van der Waals surface area contributed by atoms with Gasteiger partial charge in [-0.2, -0.15) is 0 Å². The maximum atomic E-state index is 12.2. The fourth-order valence-electron chi connectivity index (χ4n) is 2.76. The van der Waals surface area contributed by atoms with Gasteiger partial charge in [0.15, 0.2) is 11.6 Å². The zero-order valence-corrected chi connectivity index (χ0v) is 17.4. The van der Waals surface area contributed by atoms with Crippen LogP contribution in [0.3, 0.4) is 0 Å². The van der Waals surface area contributed by atoms with Crippen molar-refractivity contribution in [3.8, 4) is 0 Å². The van der Waals surface area contributed by atoms with E-state index in [1.54, 1.807) is 24.6 Å². The van der Waals surface area contributed by atoms with E-state index in [0.29, 0.717) is 11.5 Å². The fraction of sp³-hybridized carbons (Fsp3) is 0.250. The van der Waals surface area contributed by atoms with Crippen molar-refractivity contribution in [1.82, 2.24) is 14.3 Å². The summed E-state index contributed by atoms with van der Waals surface area (Å²) in [5.74, 6) is -0.626. The second-order valence-electron chi connectivity index (χ2n) is 6.62. The van der Waals surface area contributed by atoms with Gasteiger partial charge in [0, 0.05) is 30.9 Å². The van der Waals surface area contributed by atoms with E-state index in [1.807, 2.05) is 36.4 Å². The first-order valence-electron chi connectivity index (χ1n) is 9.19. The highest BCUT2D eigenvalue weighted by Gasteiger charge is 2.19. The Morgan fingerprint density at radius 1 is 1.13 bits per heavy atom. The van der Waals surface area contributed by atoms with E-state index in [-0.39, 0.29) is 18.0 Å². The van der Waals surface area contributed by atoms with Crippen LogP contribution in [-0.4, -0.2) is 43.0 Å². The van der Waals surface area contributed by atoms with Gasteiger partial charge >= 0.3 is 5.97 Å². The molecule has 2 aromatic carbocycles. The fourth-order valence-corrected chi connectivity index (χ4v) is 3.82. The molecule has 3 rings (SSSR count). The first-order valence-corrected chi connectivity index (χ1v) is 10.7. The molecule has 10 heteroatoms. The number of rotatable bonds is 8. The topological polar surface area (TPSA) is 119 Å². The van der Waals surface area contributed by atoms with Crippen LogP contribution < -0.4 is 10.0 Å². The first kappa shape index (κ1) is 21.5. The number of esters is 1. The van der Waals surface area contributed by atoms with Crippen LogP contribution >= 0.6 is 0 Å². The van der Waals surface area contributed by atoms with Gasteiger partial charge in [-0.1, -0.05) is 36.4 Å². The number of carbonyl (C=O) groups excluding carboxylic acids is 2. The van der Waals surface area contributed by atoms with Crippen molar-refractivity contribution in [2.24, 2.45) is 7.05 Å². The van der Waals surface area contributed by atoms with Gasteiger partial charge in [-0.15, -0.1) is 0 Å². The molecule has 3 aromatic rings. The lowest BCUT2D eigenvalue weighted by Crippen LogP contribution is -2.28. The molecule has 0 aliphatic rings. The Bertz CT molecular complexity index is 1160. The second-order valence-corrected chi connectivity index (χ2v) is 8.33. The lowest BCUT2D eigenvalue weighted by Gasteiger charge is -2.09. The number of carbonyl (C=O) groups is 2. The van der Waals surface area contributed by atoms with E-state index in [2.05, 4.69) is 15.0 Å². The number of hydrogen-bond acceptors (Lipinski definition) is 6. The molecule has 0 fully saturated rings. The molecule has 0 spiro atoms. The van der Waals surface area contributed by atoms with Crippen molar-refractivity contribution in [1.29, 1.82) is 0 Å². The van der Waals surface area contributed by atoms with Crippen molar-refractivity contribution in [3.63, 3.8) is 0 Å². The van der Waals surface area contributed by atoms with Gasteiger partial charge in [-0.05, 0) is 18.4 Å². The van der Waals surface area contributed by atoms with E-state index in [0.717, 1.165) is 10.8 Å². The molecule has 0 aliphatic carbocycles. The molecule has 1 aromatic heterocycles. The summed E-state index contributed by atoms with van der Waals surface area (Å²) in [6.45, 7) is 1.05. The Labute approximate surface area is 174 Å². The SMILES string of the molecule is Cc1nc(S(=O)(=O)NCCC(=O)OCC(=O)Nc2cccc3ccccc23)cn1C. The van der Waals surface area contributed by atoms with Gasteiger partial charge in [0.1, 0.15) is 5.82 Å². The number of sulfonamides is 1. The molecule has 0 aliphatic heterocycles. The van der Waals surface area contributed by atoms with Crippen LogP contribution in [0.25, 0.3) is 10.8 Å². The summed E-state index contributed by atoms with van der Waals surface area (Å²) in [6, 6.07) is 13.1. The molecule has 0 atom stereocenters. The zero-order valence-electron chi connectivity index (χ0n) is 16.6. The molecular weight excluding hydrogens is 408 g/mol. The van der Waals surface area contributed by atoms with Crippen LogP contribution in [0.15, 0.2) is 53.7 Å². The lowest BCUT2D eigenvalue weighted by atomic mass is 10.1. The Morgan fingerprint density at radius 3 is 2.60 bits per heavy atom. The number of nitrogens with one attached hydrogen (secondary N) is 2. The van der Waals surface area contributed by atoms with Crippen LogP contribution in [0.4, 0.5) is 5.69 Å². The third kappa shape index (κ3) is 5.22. The van der Waals surface area contributed by atoms with Crippen molar-refractivity contribution in [2.75, 3.05) is 18.5 Å². The molecular formula is C20H22N4O5S. The summed E-state index contributed by atoms with van der Waals surface area (Å²) < 4.78 is 33.1. The van der Waals surface area contributed by atoms with Gasteiger partial charge in [0.25, 0.3) is 15.9 Å². The smallest absolute Gasteiger partial charge is 0.307 e. The van der Waals surface area contributed by atoms with Gasteiger partial charge in [0.05, 0.1) is 6.42 Å². The van der Waals surface area contributed by atoms with E-state index in [9.17, 15) is 18.0 Å². The van der Waals surface area contributed by atoms with E-state index < -0.39 is 28.5 Å². The number of aryl methyl sites for hydroxylation is 2. The Kier molecular flexibility index (Phi) is 6.48. The van der Waals surface area contributed by atoms with Gasteiger partial charge < -0.3 is 14.6 Å². The summed E-state index contributed by atoms with van der Waals surface area (Å²) in [6.07, 6.45) is 1.17. The molecule has 0 bridgehead atoms. The number of fused-ring (bicyclic) bond motifs is 1. The van der Waals surface area contributed by atoms with Gasteiger partial charge in [0.2, 0.25) is 0 Å². The van der Waals surface area contributed by atoms with Gasteiger partial charge in [-0.3, -0.25) is 9.59 Å². The number of amides is 1. The molecule has 30 heavy (non-hydrogen) atoms. The van der Waals surface area contributed by atoms with Crippen molar-refractivity contribution >= 4 is 38.4 Å². The Balaban J connectivity index is 1.46. The molecule has 0 saturated heterocycles. The zero-order chi connectivity index (χ0) is 21.7. The highest BCUT2D eigenvalue weighted by Crippen LogP contribution is 2.22. The van der Waals surface area contributed by atoms with E-state index in [4.69, 9.17) is 4.74 Å². The highest BCUT2D eigenvalue weighted by atomic mass is 32.2. The molecule has 1 amide bonds. The maximum Gasteiger partial charge on any atom is 0.307 e. The van der Waals surface area contributed by atoms with Crippen LogP contribution in [0.2, 0.25) is 0 Å². The summed E-state index contributed by atoms with van der Waals surface area (Å²) in [5.41, 5.74) is 0.618. The van der Waals surface area contributed by atoms with Crippen molar-refractivity contribution in [3.05, 3.63) is 54.5 Å². The minimum Gasteiger partial charge on any atom is -0.456 e. The number of aromatic nitrogens is 2. The number of anilines is 1. The predicted molar refractivity (Wildman–Crippen MR) is 111 cm³/mol. The summed E-state index contributed by atoms with van der Waals surface area (Å²) in [5, 5.41) is 4.44. The van der Waals surface area contributed by atoms with Crippen LogP contribution in [-0.2, 0) is 31.4 Å². The minimum atomic E-state index is -3.82. The Hall–Kier alpha value is -3.24. The summed E-state index contributed by atoms with van der Waals surface area (Å²) >= 11 is 0. The third-order valence-corrected chi connectivity index (χ3v) is 5.74.